The Hall–Kier alpha value is -2.46. The first-order valence-electron chi connectivity index (χ1n) is 7.36. The fourth-order valence-corrected chi connectivity index (χ4v) is 2.70. The van der Waals surface area contributed by atoms with E-state index in [4.69, 9.17) is 0 Å². The molecule has 1 unspecified atom stereocenters. The molecule has 3 rings (SSSR count). The molecule has 2 amide bonds. The molecule has 0 radical (unpaired) electrons. The molecule has 2 aromatic rings. The Balaban J connectivity index is 1.69. The third-order valence-corrected chi connectivity index (χ3v) is 3.80. The van der Waals surface area contributed by atoms with E-state index in [0.29, 0.717) is 12.2 Å². The molecule has 1 heterocycles. The highest BCUT2D eigenvalue weighted by Gasteiger charge is 2.39. The Morgan fingerprint density at radius 3 is 2.59 bits per heavy atom. The van der Waals surface area contributed by atoms with E-state index in [2.05, 4.69) is 11.4 Å². The Kier molecular flexibility index (Phi) is 4.02. The smallest absolute Gasteiger partial charge is 0.251 e. The number of imide groups is 1. The van der Waals surface area contributed by atoms with Crippen molar-refractivity contribution in [3.05, 3.63) is 65.7 Å². The maximum atomic E-state index is 12.4. The van der Waals surface area contributed by atoms with Crippen LogP contribution in [0.25, 0.3) is 0 Å². The van der Waals surface area contributed by atoms with Crippen LogP contribution in [0.5, 0.6) is 0 Å². The lowest BCUT2D eigenvalue weighted by Crippen LogP contribution is -2.38. The molecule has 4 nitrogen and oxygen atoms in total. The third-order valence-electron chi connectivity index (χ3n) is 3.80. The lowest BCUT2D eigenvalue weighted by atomic mass is 10.1. The van der Waals surface area contributed by atoms with Gasteiger partial charge in [-0.25, -0.2) is 4.90 Å². The van der Waals surface area contributed by atoms with Gasteiger partial charge in [0.25, 0.3) is 5.91 Å². The van der Waals surface area contributed by atoms with Crippen molar-refractivity contribution in [3.63, 3.8) is 0 Å². The Morgan fingerprint density at radius 1 is 1.09 bits per heavy atom. The van der Waals surface area contributed by atoms with Crippen LogP contribution in [0.2, 0.25) is 0 Å². The number of aryl methyl sites for hydroxylation is 1. The van der Waals surface area contributed by atoms with Gasteiger partial charge in [-0.15, -0.1) is 0 Å². The number of nitrogens with one attached hydrogen (secondary N) is 1. The topological polar surface area (TPSA) is 49.4 Å². The van der Waals surface area contributed by atoms with Gasteiger partial charge in [-0.2, -0.15) is 0 Å². The summed E-state index contributed by atoms with van der Waals surface area (Å²) in [7, 11) is 0. The van der Waals surface area contributed by atoms with E-state index in [1.54, 1.807) is 12.1 Å². The molecule has 112 valence electrons. The van der Waals surface area contributed by atoms with Crippen molar-refractivity contribution in [2.75, 3.05) is 4.90 Å². The highest BCUT2D eigenvalue weighted by Crippen LogP contribution is 2.22. The van der Waals surface area contributed by atoms with Crippen LogP contribution in [0.3, 0.4) is 0 Å². The molecular weight excluding hydrogens is 276 g/mol. The Labute approximate surface area is 129 Å². The summed E-state index contributed by atoms with van der Waals surface area (Å²) in [6, 6.07) is 16.7. The number of hydrogen-bond donors (Lipinski definition) is 1. The van der Waals surface area contributed by atoms with Crippen LogP contribution in [0, 0.1) is 6.92 Å². The van der Waals surface area contributed by atoms with Crippen LogP contribution in [0.15, 0.2) is 54.6 Å². The molecule has 1 fully saturated rings. The van der Waals surface area contributed by atoms with E-state index in [-0.39, 0.29) is 18.2 Å². The molecule has 1 aliphatic heterocycles. The third kappa shape index (κ3) is 2.92. The van der Waals surface area contributed by atoms with E-state index in [1.165, 1.54) is 10.5 Å². The predicted molar refractivity (Wildman–Crippen MR) is 85.4 cm³/mol. The second-order valence-electron chi connectivity index (χ2n) is 5.53. The largest absolute Gasteiger partial charge is 0.301 e. The van der Waals surface area contributed by atoms with Crippen LogP contribution in [-0.2, 0) is 16.1 Å². The minimum atomic E-state index is -0.451. The molecule has 22 heavy (non-hydrogen) atoms. The summed E-state index contributed by atoms with van der Waals surface area (Å²) >= 11 is 0. The number of rotatable bonds is 4. The maximum Gasteiger partial charge on any atom is 0.251 e. The van der Waals surface area contributed by atoms with Crippen molar-refractivity contribution in [2.45, 2.75) is 25.9 Å². The predicted octanol–water partition coefficient (Wildman–Crippen LogP) is 2.42. The summed E-state index contributed by atoms with van der Waals surface area (Å²) in [6.07, 6.45) is 0.208. The second-order valence-corrected chi connectivity index (χ2v) is 5.53. The first kappa shape index (κ1) is 14.5. The van der Waals surface area contributed by atoms with E-state index in [9.17, 15) is 9.59 Å². The molecular formula is C18H18N2O2. The van der Waals surface area contributed by atoms with E-state index < -0.39 is 6.04 Å². The number of nitrogens with zero attached hydrogens (tertiary/aromatic N) is 1. The van der Waals surface area contributed by atoms with Gasteiger partial charge in [0.1, 0.15) is 0 Å². The normalized spacial score (nSPS) is 18.0. The van der Waals surface area contributed by atoms with Crippen LogP contribution < -0.4 is 10.2 Å². The zero-order chi connectivity index (χ0) is 15.5. The van der Waals surface area contributed by atoms with E-state index in [0.717, 1.165) is 5.56 Å². The highest BCUT2D eigenvalue weighted by atomic mass is 16.2. The van der Waals surface area contributed by atoms with Crippen LogP contribution in [0.1, 0.15) is 17.5 Å². The Bertz CT molecular complexity index is 697. The number of carbonyl (C=O) groups excluding carboxylic acids is 2. The molecule has 0 aliphatic carbocycles. The number of benzene rings is 2. The average Bonchev–Trinajstić information content (AvgIpc) is 2.80. The summed E-state index contributed by atoms with van der Waals surface area (Å²) in [5.41, 5.74) is 2.93. The average molecular weight is 294 g/mol. The molecule has 0 spiro atoms. The lowest BCUT2D eigenvalue weighted by molar-refractivity contribution is -0.121. The molecule has 1 atom stereocenters. The molecule has 1 saturated heterocycles. The van der Waals surface area contributed by atoms with E-state index >= 15 is 0 Å². The van der Waals surface area contributed by atoms with Crippen LogP contribution in [-0.4, -0.2) is 17.9 Å². The van der Waals surface area contributed by atoms with Crippen molar-refractivity contribution >= 4 is 17.5 Å². The molecule has 0 bridgehead atoms. The first-order valence-corrected chi connectivity index (χ1v) is 7.36. The molecule has 2 aromatic carbocycles. The fourth-order valence-electron chi connectivity index (χ4n) is 2.70. The van der Waals surface area contributed by atoms with Crippen molar-refractivity contribution in [1.82, 2.24) is 5.32 Å². The molecule has 0 saturated carbocycles. The van der Waals surface area contributed by atoms with Gasteiger partial charge in [-0.05, 0) is 24.6 Å². The summed E-state index contributed by atoms with van der Waals surface area (Å²) in [5, 5.41) is 3.19. The summed E-state index contributed by atoms with van der Waals surface area (Å²) in [6.45, 7) is 2.61. The minimum Gasteiger partial charge on any atom is -0.301 e. The van der Waals surface area contributed by atoms with E-state index in [1.807, 2.05) is 43.3 Å². The monoisotopic (exact) mass is 294 g/mol. The summed E-state index contributed by atoms with van der Waals surface area (Å²) in [4.78, 5) is 25.8. The number of para-hydroxylation sites is 1. The van der Waals surface area contributed by atoms with Crippen molar-refractivity contribution in [3.8, 4) is 0 Å². The fraction of sp³-hybridized carbons (Fsp3) is 0.222. The first-order chi connectivity index (χ1) is 10.6. The minimum absolute atomic E-state index is 0.155. The SMILES string of the molecule is Cc1cccc(CNC2CC(=O)N(c3ccccc3)C2=O)c1. The number of amides is 2. The lowest BCUT2D eigenvalue weighted by Gasteiger charge is -2.15. The molecule has 1 aliphatic rings. The molecule has 0 aromatic heterocycles. The molecule has 4 heteroatoms. The molecule has 1 N–H and O–H groups in total. The van der Waals surface area contributed by atoms with Crippen molar-refractivity contribution < 1.29 is 9.59 Å². The number of carbonyl (C=O) groups is 2. The van der Waals surface area contributed by atoms with Gasteiger partial charge in [0, 0.05) is 6.54 Å². The Morgan fingerprint density at radius 2 is 1.86 bits per heavy atom. The van der Waals surface area contributed by atoms with Gasteiger partial charge in [0.05, 0.1) is 18.2 Å². The van der Waals surface area contributed by atoms with Gasteiger partial charge >= 0.3 is 0 Å². The second kappa shape index (κ2) is 6.12. The number of anilines is 1. The quantitative estimate of drug-likeness (QED) is 0.881. The standard InChI is InChI=1S/C18H18N2O2/c1-13-6-5-7-14(10-13)12-19-16-11-17(21)20(18(16)22)15-8-3-2-4-9-15/h2-10,16,19H,11-12H2,1H3. The zero-order valence-electron chi connectivity index (χ0n) is 12.5. The highest BCUT2D eigenvalue weighted by molar-refractivity contribution is 6.22. The zero-order valence-corrected chi connectivity index (χ0v) is 12.5. The summed E-state index contributed by atoms with van der Waals surface area (Å²) < 4.78 is 0. The van der Waals surface area contributed by atoms with Crippen molar-refractivity contribution in [2.24, 2.45) is 0 Å². The van der Waals surface area contributed by atoms with Crippen molar-refractivity contribution in [1.29, 1.82) is 0 Å². The summed E-state index contributed by atoms with van der Waals surface area (Å²) in [5.74, 6) is -0.332. The van der Waals surface area contributed by atoms with Gasteiger partial charge in [-0.3, -0.25) is 9.59 Å². The van der Waals surface area contributed by atoms with Gasteiger partial charge in [0.2, 0.25) is 5.91 Å². The van der Waals surface area contributed by atoms with Gasteiger partial charge in [0.15, 0.2) is 0 Å². The van der Waals surface area contributed by atoms with Gasteiger partial charge < -0.3 is 5.32 Å². The van der Waals surface area contributed by atoms with Crippen LogP contribution >= 0.6 is 0 Å². The van der Waals surface area contributed by atoms with Gasteiger partial charge in [-0.1, -0.05) is 48.0 Å². The van der Waals surface area contributed by atoms with Crippen LogP contribution in [0.4, 0.5) is 5.69 Å². The maximum absolute atomic E-state index is 12.4. The number of hydrogen-bond acceptors (Lipinski definition) is 3.